The van der Waals surface area contributed by atoms with E-state index >= 15 is 0 Å². The number of nitrogens with zero attached hydrogens (tertiary/aromatic N) is 1. The van der Waals surface area contributed by atoms with Gasteiger partial charge in [-0.2, -0.15) is 0 Å². The number of rotatable bonds is 3. The zero-order chi connectivity index (χ0) is 18.8. The molecule has 2 amide bonds. The number of nitrogens with one attached hydrogen (secondary N) is 1. The molecule has 1 aromatic carbocycles. The van der Waals surface area contributed by atoms with Crippen LogP contribution < -0.4 is 5.32 Å². The third-order valence-corrected chi connectivity index (χ3v) is 4.03. The molecule has 1 saturated heterocycles. The molecule has 1 fully saturated rings. The van der Waals surface area contributed by atoms with Gasteiger partial charge >= 0.3 is 6.09 Å². The van der Waals surface area contributed by atoms with Gasteiger partial charge in [0.1, 0.15) is 23.6 Å². The van der Waals surface area contributed by atoms with Gasteiger partial charge in [0.15, 0.2) is 0 Å². The number of carbonyl (C=O) groups is 2. The predicted octanol–water partition coefficient (Wildman–Crippen LogP) is 3.55. The van der Waals surface area contributed by atoms with Crippen molar-refractivity contribution in [3.05, 3.63) is 34.1 Å². The molecule has 5 nitrogen and oxygen atoms in total. The fourth-order valence-corrected chi connectivity index (χ4v) is 3.09. The van der Waals surface area contributed by atoms with Gasteiger partial charge in [0.25, 0.3) is 0 Å². The fourth-order valence-electron chi connectivity index (χ4n) is 2.58. The van der Waals surface area contributed by atoms with E-state index in [-0.39, 0.29) is 19.5 Å². The number of ether oxygens (including phenoxy) is 1. The number of likely N-dealkylation sites (tertiary alicyclic amines) is 1. The molecular weight excluding hydrogens is 398 g/mol. The number of amides is 2. The molecule has 0 saturated carbocycles. The molecule has 0 aromatic heterocycles. The monoisotopic (exact) mass is 418 g/mol. The van der Waals surface area contributed by atoms with E-state index in [1.165, 1.54) is 12.1 Å². The third-order valence-electron chi connectivity index (χ3n) is 3.57. The van der Waals surface area contributed by atoms with Gasteiger partial charge in [-0.3, -0.25) is 9.69 Å². The summed E-state index contributed by atoms with van der Waals surface area (Å²) in [6.45, 7) is 4.99. The average Bonchev–Trinajstić information content (AvgIpc) is 2.84. The summed E-state index contributed by atoms with van der Waals surface area (Å²) in [5, 5.41) is 2.62. The van der Waals surface area contributed by atoms with Crippen molar-refractivity contribution < 1.29 is 23.1 Å². The van der Waals surface area contributed by atoms with Crippen LogP contribution >= 0.6 is 15.9 Å². The van der Waals surface area contributed by atoms with Crippen molar-refractivity contribution in [3.63, 3.8) is 0 Å². The average molecular weight is 419 g/mol. The Hall–Kier alpha value is -1.70. The number of hydrogen-bond donors (Lipinski definition) is 1. The molecule has 25 heavy (non-hydrogen) atoms. The molecule has 1 N–H and O–H groups in total. The van der Waals surface area contributed by atoms with Gasteiger partial charge in [-0.1, -0.05) is 15.9 Å². The minimum atomic E-state index is -1.29. The summed E-state index contributed by atoms with van der Waals surface area (Å²) in [5.74, 6) is -0.926. The molecule has 1 aliphatic heterocycles. The zero-order valence-corrected chi connectivity index (χ0v) is 15.9. The second-order valence-electron chi connectivity index (χ2n) is 6.98. The van der Waals surface area contributed by atoms with Crippen LogP contribution in [0.2, 0.25) is 0 Å². The molecule has 2 atom stereocenters. The van der Waals surface area contributed by atoms with Crippen LogP contribution in [-0.2, 0) is 16.1 Å². The summed E-state index contributed by atoms with van der Waals surface area (Å²) < 4.78 is 32.9. The number of benzene rings is 1. The first-order valence-corrected chi connectivity index (χ1v) is 8.71. The van der Waals surface area contributed by atoms with Crippen LogP contribution in [-0.4, -0.2) is 41.3 Å². The number of alkyl halides is 1. The van der Waals surface area contributed by atoms with Gasteiger partial charge < -0.3 is 10.1 Å². The van der Waals surface area contributed by atoms with E-state index in [0.29, 0.717) is 10.0 Å². The van der Waals surface area contributed by atoms with E-state index in [9.17, 15) is 18.4 Å². The van der Waals surface area contributed by atoms with Crippen molar-refractivity contribution in [3.8, 4) is 0 Å². The Kier molecular flexibility index (Phi) is 6.03. The summed E-state index contributed by atoms with van der Waals surface area (Å²) in [4.78, 5) is 25.7. The molecule has 0 aliphatic carbocycles. The van der Waals surface area contributed by atoms with Crippen LogP contribution in [0.4, 0.5) is 13.6 Å². The molecule has 1 aliphatic rings. The molecule has 138 valence electrons. The standard InChI is InChI=1S/C17H21BrF2N2O3/c1-17(2,3)25-16(24)22-9-13(20)7-14(22)15(23)21-8-10-4-11(18)6-12(19)5-10/h4-6,13-14H,7-9H2,1-3H3,(H,21,23)/t13-,14+/m1/s1. The topological polar surface area (TPSA) is 58.6 Å². The SMILES string of the molecule is CC(C)(C)OC(=O)N1C[C@H](F)C[C@H]1C(=O)NCc1cc(F)cc(Br)c1. The van der Waals surface area contributed by atoms with Gasteiger partial charge in [0, 0.05) is 17.4 Å². The first-order chi connectivity index (χ1) is 11.5. The normalized spacial score (nSPS) is 20.5. The predicted molar refractivity (Wildman–Crippen MR) is 92.2 cm³/mol. The highest BCUT2D eigenvalue weighted by molar-refractivity contribution is 9.10. The van der Waals surface area contributed by atoms with Gasteiger partial charge in [-0.25, -0.2) is 13.6 Å². The lowest BCUT2D eigenvalue weighted by Crippen LogP contribution is -2.47. The lowest BCUT2D eigenvalue weighted by molar-refractivity contribution is -0.125. The molecule has 1 heterocycles. The highest BCUT2D eigenvalue weighted by Crippen LogP contribution is 2.23. The van der Waals surface area contributed by atoms with Gasteiger partial charge in [-0.15, -0.1) is 0 Å². The minimum absolute atomic E-state index is 0.0742. The van der Waals surface area contributed by atoms with Crippen LogP contribution in [0.25, 0.3) is 0 Å². The van der Waals surface area contributed by atoms with Gasteiger partial charge in [-0.05, 0) is 44.5 Å². The van der Waals surface area contributed by atoms with Crippen LogP contribution in [0.3, 0.4) is 0 Å². The summed E-state index contributed by atoms with van der Waals surface area (Å²) >= 11 is 3.18. The van der Waals surface area contributed by atoms with E-state index < -0.39 is 35.6 Å². The molecule has 8 heteroatoms. The number of hydrogen-bond acceptors (Lipinski definition) is 3. The molecule has 1 aromatic rings. The third kappa shape index (κ3) is 5.66. The lowest BCUT2D eigenvalue weighted by Gasteiger charge is -2.27. The first kappa shape index (κ1) is 19.6. The Morgan fingerprint density at radius 3 is 2.64 bits per heavy atom. The first-order valence-electron chi connectivity index (χ1n) is 7.91. The van der Waals surface area contributed by atoms with E-state index in [4.69, 9.17) is 4.74 Å². The van der Waals surface area contributed by atoms with Gasteiger partial charge in [0.05, 0.1) is 6.54 Å². The van der Waals surface area contributed by atoms with Crippen molar-refractivity contribution in [2.45, 2.75) is 51.6 Å². The molecule has 0 unspecified atom stereocenters. The maximum atomic E-state index is 13.8. The molecule has 2 rings (SSSR count). The quantitative estimate of drug-likeness (QED) is 0.816. The fraction of sp³-hybridized carbons (Fsp3) is 0.529. The van der Waals surface area contributed by atoms with Crippen molar-refractivity contribution in [2.75, 3.05) is 6.54 Å². The summed E-state index contributed by atoms with van der Waals surface area (Å²) in [6.07, 6.45) is -2.09. The summed E-state index contributed by atoms with van der Waals surface area (Å²) in [7, 11) is 0. The Morgan fingerprint density at radius 1 is 1.36 bits per heavy atom. The van der Waals surface area contributed by atoms with Crippen LogP contribution in [0.15, 0.2) is 22.7 Å². The Labute approximate surface area is 153 Å². The highest BCUT2D eigenvalue weighted by Gasteiger charge is 2.41. The van der Waals surface area contributed by atoms with Gasteiger partial charge in [0.2, 0.25) is 5.91 Å². The Morgan fingerprint density at radius 2 is 2.04 bits per heavy atom. The van der Waals surface area contributed by atoms with E-state index in [2.05, 4.69) is 21.2 Å². The molecular formula is C17H21BrF2N2O3. The summed E-state index contributed by atoms with van der Waals surface area (Å²) in [6, 6.07) is 3.33. The number of carbonyl (C=O) groups excluding carboxylic acids is 2. The largest absolute Gasteiger partial charge is 0.444 e. The Bertz CT molecular complexity index is 644. The minimum Gasteiger partial charge on any atom is -0.444 e. The lowest BCUT2D eigenvalue weighted by atomic mass is 10.1. The van der Waals surface area contributed by atoms with E-state index in [1.54, 1.807) is 26.8 Å². The second-order valence-corrected chi connectivity index (χ2v) is 7.89. The van der Waals surface area contributed by atoms with Crippen LogP contribution in [0.1, 0.15) is 32.8 Å². The molecule has 0 radical (unpaired) electrons. The number of halogens is 3. The maximum absolute atomic E-state index is 13.8. The molecule has 0 spiro atoms. The van der Waals surface area contributed by atoms with Crippen molar-refractivity contribution >= 4 is 27.9 Å². The van der Waals surface area contributed by atoms with E-state index in [0.717, 1.165) is 4.90 Å². The maximum Gasteiger partial charge on any atom is 0.411 e. The van der Waals surface area contributed by atoms with Crippen molar-refractivity contribution in [1.29, 1.82) is 0 Å². The Balaban J connectivity index is 2.02. The second kappa shape index (κ2) is 7.68. The van der Waals surface area contributed by atoms with Crippen molar-refractivity contribution in [2.24, 2.45) is 0 Å². The summed E-state index contributed by atoms with van der Waals surface area (Å²) in [5.41, 5.74) is -0.181. The van der Waals surface area contributed by atoms with Crippen LogP contribution in [0, 0.1) is 5.82 Å². The zero-order valence-electron chi connectivity index (χ0n) is 14.3. The smallest absolute Gasteiger partial charge is 0.411 e. The highest BCUT2D eigenvalue weighted by atomic mass is 79.9. The van der Waals surface area contributed by atoms with Crippen LogP contribution in [0.5, 0.6) is 0 Å². The van der Waals surface area contributed by atoms with Crippen molar-refractivity contribution in [1.82, 2.24) is 10.2 Å². The molecule has 0 bridgehead atoms. The van der Waals surface area contributed by atoms with E-state index in [1.807, 2.05) is 0 Å².